The van der Waals surface area contributed by atoms with Gasteiger partial charge < -0.3 is 10.6 Å². The van der Waals surface area contributed by atoms with E-state index in [-0.39, 0.29) is 5.91 Å². The molecule has 5 heteroatoms. The summed E-state index contributed by atoms with van der Waals surface area (Å²) in [4.78, 5) is 14.1. The van der Waals surface area contributed by atoms with E-state index in [1.807, 2.05) is 13.8 Å². The van der Waals surface area contributed by atoms with E-state index in [0.29, 0.717) is 36.7 Å². The Hall–Kier alpha value is -1.96. The second-order valence-electron chi connectivity index (χ2n) is 4.09. The summed E-state index contributed by atoms with van der Waals surface area (Å²) in [6.07, 6.45) is 6.15. The largest absolute Gasteiger partial charge is 0.395 e. The molecule has 1 aromatic rings. The van der Waals surface area contributed by atoms with Crippen molar-refractivity contribution in [1.82, 2.24) is 14.7 Å². The van der Waals surface area contributed by atoms with E-state index in [1.165, 1.54) is 0 Å². The van der Waals surface area contributed by atoms with Gasteiger partial charge in [0, 0.05) is 13.1 Å². The van der Waals surface area contributed by atoms with E-state index in [1.54, 1.807) is 16.5 Å². The molecule has 0 radical (unpaired) electrons. The monoisotopic (exact) mass is 248 g/mol. The first-order valence-electron chi connectivity index (χ1n) is 6.12. The zero-order valence-corrected chi connectivity index (χ0v) is 11.2. The summed E-state index contributed by atoms with van der Waals surface area (Å²) in [5, 5.41) is 4.24. The number of rotatable bonds is 5. The van der Waals surface area contributed by atoms with Crippen molar-refractivity contribution in [2.75, 3.05) is 18.8 Å². The van der Waals surface area contributed by atoms with Crippen LogP contribution in [0.4, 0.5) is 5.69 Å². The minimum Gasteiger partial charge on any atom is -0.395 e. The normalized spacial score (nSPS) is 10.1. The van der Waals surface area contributed by atoms with Gasteiger partial charge in [-0.1, -0.05) is 12.8 Å². The van der Waals surface area contributed by atoms with Crippen molar-refractivity contribution >= 4 is 11.6 Å². The van der Waals surface area contributed by atoms with E-state index in [9.17, 15) is 4.79 Å². The lowest BCUT2D eigenvalue weighted by atomic mass is 10.2. The van der Waals surface area contributed by atoms with E-state index in [2.05, 4.69) is 11.0 Å². The molecule has 0 fully saturated rings. The summed E-state index contributed by atoms with van der Waals surface area (Å²) in [7, 11) is 0. The van der Waals surface area contributed by atoms with Crippen LogP contribution < -0.4 is 5.73 Å². The zero-order valence-electron chi connectivity index (χ0n) is 11.2. The lowest BCUT2D eigenvalue weighted by molar-refractivity contribution is 0.0765. The SMILES string of the molecule is C#CCN(CCC)C(=O)c1c(N)c(C)nn1CC. The number of carbonyl (C=O) groups is 1. The predicted molar refractivity (Wildman–Crippen MR) is 72.1 cm³/mol. The molecule has 5 nitrogen and oxygen atoms in total. The van der Waals surface area contributed by atoms with Gasteiger partial charge >= 0.3 is 0 Å². The molecule has 0 saturated carbocycles. The number of nitrogens with zero attached hydrogens (tertiary/aromatic N) is 3. The topological polar surface area (TPSA) is 64.2 Å². The molecule has 0 spiro atoms. The van der Waals surface area contributed by atoms with Crippen LogP contribution in [0.1, 0.15) is 36.5 Å². The number of hydrogen-bond acceptors (Lipinski definition) is 3. The average Bonchev–Trinajstić information content (AvgIpc) is 2.64. The van der Waals surface area contributed by atoms with Crippen molar-refractivity contribution in [3.8, 4) is 12.3 Å². The highest BCUT2D eigenvalue weighted by atomic mass is 16.2. The van der Waals surface area contributed by atoms with Gasteiger partial charge in [-0.15, -0.1) is 6.42 Å². The van der Waals surface area contributed by atoms with Crippen LogP contribution in [0.2, 0.25) is 0 Å². The third-order valence-corrected chi connectivity index (χ3v) is 2.74. The van der Waals surface area contributed by atoms with E-state index in [4.69, 9.17) is 12.2 Å². The first-order valence-corrected chi connectivity index (χ1v) is 6.12. The third-order valence-electron chi connectivity index (χ3n) is 2.74. The summed E-state index contributed by atoms with van der Waals surface area (Å²) in [5.74, 6) is 2.36. The molecule has 18 heavy (non-hydrogen) atoms. The lowest BCUT2D eigenvalue weighted by Gasteiger charge is -2.20. The molecular weight excluding hydrogens is 228 g/mol. The fourth-order valence-corrected chi connectivity index (χ4v) is 1.83. The quantitative estimate of drug-likeness (QED) is 0.798. The Morgan fingerprint density at radius 3 is 2.72 bits per heavy atom. The number of nitrogen functional groups attached to an aromatic ring is 1. The van der Waals surface area contributed by atoms with Crippen LogP contribution in [0.3, 0.4) is 0 Å². The Morgan fingerprint density at radius 1 is 1.56 bits per heavy atom. The van der Waals surface area contributed by atoms with Gasteiger partial charge in [-0.05, 0) is 20.3 Å². The Balaban J connectivity index is 3.12. The van der Waals surface area contributed by atoms with Crippen LogP contribution in [0.5, 0.6) is 0 Å². The van der Waals surface area contributed by atoms with Crippen LogP contribution in [-0.2, 0) is 6.54 Å². The number of terminal acetylenes is 1. The van der Waals surface area contributed by atoms with E-state index in [0.717, 1.165) is 6.42 Å². The second-order valence-corrected chi connectivity index (χ2v) is 4.09. The van der Waals surface area contributed by atoms with Crippen molar-refractivity contribution in [3.05, 3.63) is 11.4 Å². The maximum Gasteiger partial charge on any atom is 0.275 e. The van der Waals surface area contributed by atoms with Crippen LogP contribution in [-0.4, -0.2) is 33.7 Å². The number of anilines is 1. The molecule has 98 valence electrons. The smallest absolute Gasteiger partial charge is 0.275 e. The molecule has 2 N–H and O–H groups in total. The Morgan fingerprint density at radius 2 is 2.22 bits per heavy atom. The first-order chi connectivity index (χ1) is 8.56. The predicted octanol–water partition coefficient (Wildman–Crippen LogP) is 1.28. The van der Waals surface area contributed by atoms with Gasteiger partial charge in [-0.2, -0.15) is 5.10 Å². The Kier molecular flexibility index (Phi) is 4.78. The molecule has 1 rings (SSSR count). The molecule has 0 unspecified atom stereocenters. The summed E-state index contributed by atoms with van der Waals surface area (Å²) >= 11 is 0. The Bertz CT molecular complexity index is 470. The average molecular weight is 248 g/mol. The van der Waals surface area contributed by atoms with Crippen molar-refractivity contribution in [2.45, 2.75) is 33.7 Å². The van der Waals surface area contributed by atoms with Gasteiger partial charge in [0.15, 0.2) is 0 Å². The number of carbonyl (C=O) groups excluding carboxylic acids is 1. The fourth-order valence-electron chi connectivity index (χ4n) is 1.83. The van der Waals surface area contributed by atoms with E-state index >= 15 is 0 Å². The molecule has 0 aromatic carbocycles. The molecule has 0 bridgehead atoms. The molecule has 1 amide bonds. The summed E-state index contributed by atoms with van der Waals surface area (Å²) < 4.78 is 1.63. The number of aromatic nitrogens is 2. The summed E-state index contributed by atoms with van der Waals surface area (Å²) in [6, 6.07) is 0. The molecule has 0 atom stereocenters. The molecule has 0 saturated heterocycles. The number of nitrogens with two attached hydrogens (primary N) is 1. The van der Waals surface area contributed by atoms with Gasteiger partial charge in [0.1, 0.15) is 5.69 Å². The molecule has 1 aromatic heterocycles. The molecule has 1 heterocycles. The standard InChI is InChI=1S/C13H20N4O/c1-5-8-16(9-6-2)13(18)12-11(14)10(4)15-17(12)7-3/h1H,6-9,14H2,2-4H3. The van der Waals surface area contributed by atoms with Gasteiger partial charge in [0.25, 0.3) is 5.91 Å². The van der Waals surface area contributed by atoms with Crippen molar-refractivity contribution < 1.29 is 4.79 Å². The maximum absolute atomic E-state index is 12.4. The molecule has 0 aliphatic rings. The highest BCUT2D eigenvalue weighted by Crippen LogP contribution is 2.18. The zero-order chi connectivity index (χ0) is 13.7. The minimum absolute atomic E-state index is 0.144. The van der Waals surface area contributed by atoms with Crippen molar-refractivity contribution in [1.29, 1.82) is 0 Å². The van der Waals surface area contributed by atoms with Crippen LogP contribution in [0.15, 0.2) is 0 Å². The third kappa shape index (κ3) is 2.65. The van der Waals surface area contributed by atoms with E-state index < -0.39 is 0 Å². The summed E-state index contributed by atoms with van der Waals surface area (Å²) in [6.45, 7) is 7.24. The number of aryl methyl sites for hydroxylation is 2. The van der Waals surface area contributed by atoms with Crippen molar-refractivity contribution in [3.63, 3.8) is 0 Å². The summed E-state index contributed by atoms with van der Waals surface area (Å²) in [5.41, 5.74) is 7.49. The van der Waals surface area contributed by atoms with Gasteiger partial charge in [0.05, 0.1) is 17.9 Å². The van der Waals surface area contributed by atoms with Gasteiger partial charge in [0.2, 0.25) is 0 Å². The van der Waals surface area contributed by atoms with Gasteiger partial charge in [-0.3, -0.25) is 9.48 Å². The number of amides is 1. The number of hydrogen-bond donors (Lipinski definition) is 1. The molecule has 0 aliphatic carbocycles. The lowest BCUT2D eigenvalue weighted by Crippen LogP contribution is -2.34. The highest BCUT2D eigenvalue weighted by molar-refractivity contribution is 5.98. The second kappa shape index (κ2) is 6.10. The maximum atomic E-state index is 12.4. The molecule has 0 aliphatic heterocycles. The van der Waals surface area contributed by atoms with Crippen LogP contribution in [0.25, 0.3) is 0 Å². The minimum atomic E-state index is -0.144. The Labute approximate surface area is 108 Å². The fraction of sp³-hybridized carbons (Fsp3) is 0.538. The molecular formula is C13H20N4O. The highest BCUT2D eigenvalue weighted by Gasteiger charge is 2.23. The van der Waals surface area contributed by atoms with Crippen molar-refractivity contribution in [2.24, 2.45) is 0 Å². The van der Waals surface area contributed by atoms with Gasteiger partial charge in [-0.25, -0.2) is 0 Å². The van der Waals surface area contributed by atoms with Crippen LogP contribution in [0, 0.1) is 19.3 Å². The first kappa shape index (κ1) is 14.1. The van der Waals surface area contributed by atoms with Crippen LogP contribution >= 0.6 is 0 Å².